The lowest BCUT2D eigenvalue weighted by molar-refractivity contribution is 0.122. The molecule has 0 saturated carbocycles. The summed E-state index contributed by atoms with van der Waals surface area (Å²) < 4.78 is 45.4. The Hall–Kier alpha value is -3.38. The molecule has 0 amide bonds. The minimum absolute atomic E-state index is 0.0530. The van der Waals surface area contributed by atoms with Crippen molar-refractivity contribution in [2.45, 2.75) is 12.3 Å². The molecule has 2 aliphatic rings. The van der Waals surface area contributed by atoms with Crippen LogP contribution >= 0.6 is 0 Å². The van der Waals surface area contributed by atoms with Crippen LogP contribution in [0.15, 0.2) is 78.9 Å². The zero-order valence-corrected chi connectivity index (χ0v) is 18.9. The molecule has 3 aromatic rings. The molecule has 6 heteroatoms. The predicted octanol–water partition coefficient (Wildman–Crippen LogP) is 6.12. The molecule has 176 valence electrons. The third-order valence-corrected chi connectivity index (χ3v) is 6.40. The van der Waals surface area contributed by atoms with Crippen molar-refractivity contribution in [2.75, 3.05) is 44.4 Å². The second kappa shape index (κ2) is 10.3. The summed E-state index contributed by atoms with van der Waals surface area (Å²) in [6.07, 6.45) is -1.49. The predicted molar refractivity (Wildman–Crippen MR) is 129 cm³/mol. The molecule has 5 rings (SSSR count). The summed E-state index contributed by atoms with van der Waals surface area (Å²) in [5.74, 6) is 1.09. The van der Waals surface area contributed by atoms with Gasteiger partial charge in [-0.15, -0.1) is 0 Å². The molecule has 0 spiro atoms. The van der Waals surface area contributed by atoms with Gasteiger partial charge in [0, 0.05) is 30.3 Å². The second-order valence-electron chi connectivity index (χ2n) is 8.46. The van der Waals surface area contributed by atoms with Gasteiger partial charge in [-0.25, -0.2) is 0 Å². The van der Waals surface area contributed by atoms with E-state index >= 15 is 0 Å². The first-order chi connectivity index (χ1) is 16.7. The molecule has 0 bridgehead atoms. The zero-order chi connectivity index (χ0) is 23.3. The van der Waals surface area contributed by atoms with Gasteiger partial charge < -0.3 is 19.1 Å². The van der Waals surface area contributed by atoms with Gasteiger partial charge >= 0.3 is 0 Å². The Morgan fingerprint density at radius 3 is 2.18 bits per heavy atom. The highest BCUT2D eigenvalue weighted by molar-refractivity contribution is 5.69. The van der Waals surface area contributed by atoms with Crippen LogP contribution in [-0.2, 0) is 4.74 Å². The van der Waals surface area contributed by atoms with Crippen LogP contribution in [0.3, 0.4) is 0 Å². The summed E-state index contributed by atoms with van der Waals surface area (Å²) in [6.45, 7) is 3.96. The Labute approximate surface area is 198 Å². The number of anilines is 1. The molecule has 1 atom stereocenters. The molecule has 1 saturated heterocycles. The van der Waals surface area contributed by atoms with Crippen LogP contribution in [0.5, 0.6) is 11.5 Å². The van der Waals surface area contributed by atoms with Crippen LogP contribution in [0.4, 0.5) is 14.5 Å². The second-order valence-corrected chi connectivity index (χ2v) is 8.46. The topological polar surface area (TPSA) is 30.9 Å². The monoisotopic (exact) mass is 463 g/mol. The van der Waals surface area contributed by atoms with E-state index in [1.54, 1.807) is 12.1 Å². The molecule has 1 unspecified atom stereocenters. The number of benzene rings is 3. The summed E-state index contributed by atoms with van der Waals surface area (Å²) >= 11 is 0. The first-order valence-corrected chi connectivity index (χ1v) is 11.6. The lowest BCUT2D eigenvalue weighted by Crippen LogP contribution is -2.36. The Kier molecular flexibility index (Phi) is 6.77. The van der Waals surface area contributed by atoms with Crippen molar-refractivity contribution in [2.24, 2.45) is 0 Å². The highest BCUT2D eigenvalue weighted by Gasteiger charge is 2.23. The van der Waals surface area contributed by atoms with E-state index in [1.165, 1.54) is 0 Å². The fraction of sp³-hybridized carbons (Fsp3) is 0.286. The molecular weight excluding hydrogens is 436 g/mol. The lowest BCUT2D eigenvalue weighted by atomic mass is 9.84. The maximum absolute atomic E-state index is 14.3. The van der Waals surface area contributed by atoms with Crippen LogP contribution < -0.4 is 14.4 Å². The molecule has 34 heavy (non-hydrogen) atoms. The van der Waals surface area contributed by atoms with Crippen molar-refractivity contribution in [1.82, 2.24) is 0 Å². The number of fused-ring (bicyclic) bond motifs is 1. The number of halogens is 2. The van der Waals surface area contributed by atoms with E-state index in [2.05, 4.69) is 4.90 Å². The average Bonchev–Trinajstić information content (AvgIpc) is 2.90. The van der Waals surface area contributed by atoms with Gasteiger partial charge in [0.05, 0.1) is 13.2 Å². The Morgan fingerprint density at radius 1 is 0.765 bits per heavy atom. The van der Waals surface area contributed by atoms with Gasteiger partial charge in [0.1, 0.15) is 13.2 Å². The van der Waals surface area contributed by atoms with E-state index in [-0.39, 0.29) is 17.9 Å². The van der Waals surface area contributed by atoms with Crippen molar-refractivity contribution in [3.63, 3.8) is 0 Å². The van der Waals surface area contributed by atoms with E-state index in [0.717, 1.165) is 29.9 Å². The van der Waals surface area contributed by atoms with Gasteiger partial charge in [-0.1, -0.05) is 48.5 Å². The van der Waals surface area contributed by atoms with Crippen molar-refractivity contribution in [3.8, 4) is 11.5 Å². The summed E-state index contributed by atoms with van der Waals surface area (Å²) in [6, 6.07) is 22.9. The molecule has 1 fully saturated rings. The number of nitrogens with zero attached hydrogens (tertiary/aromatic N) is 1. The molecular formula is C28H27F2NO3. The number of hydrogen-bond donors (Lipinski definition) is 0. The minimum atomic E-state index is -1.66. The number of ether oxygens (including phenoxy) is 3. The SMILES string of the molecule is FC(F)=C(CC(c1ccccc1)c1ccc2c(c1)OCCO2)c1ccc(N2CCOCC2)cc1. The summed E-state index contributed by atoms with van der Waals surface area (Å²) in [5, 5.41) is 0. The standard InChI is InChI=1S/C28H27F2NO3/c29-28(30)25(21-6-9-23(10-7-21)31-12-14-32-15-13-31)19-24(20-4-2-1-3-5-20)22-8-11-26-27(18-22)34-17-16-33-26/h1-11,18,24H,12-17,19H2. The molecule has 0 radical (unpaired) electrons. The smallest absolute Gasteiger partial charge is 0.274 e. The van der Waals surface area contributed by atoms with Gasteiger partial charge in [0.25, 0.3) is 6.08 Å². The molecule has 0 N–H and O–H groups in total. The highest BCUT2D eigenvalue weighted by Crippen LogP contribution is 2.40. The van der Waals surface area contributed by atoms with Crippen LogP contribution in [-0.4, -0.2) is 39.5 Å². The lowest BCUT2D eigenvalue weighted by Gasteiger charge is -2.29. The third kappa shape index (κ3) is 4.92. The number of rotatable bonds is 6. The van der Waals surface area contributed by atoms with Crippen LogP contribution in [0.2, 0.25) is 0 Å². The van der Waals surface area contributed by atoms with Crippen molar-refractivity contribution in [1.29, 1.82) is 0 Å². The fourth-order valence-electron chi connectivity index (χ4n) is 4.59. The molecule has 0 aliphatic carbocycles. The minimum Gasteiger partial charge on any atom is -0.486 e. The Balaban J connectivity index is 1.46. The van der Waals surface area contributed by atoms with Gasteiger partial charge in [0.2, 0.25) is 0 Å². The van der Waals surface area contributed by atoms with Gasteiger partial charge in [-0.05, 0) is 47.4 Å². The van der Waals surface area contributed by atoms with Gasteiger partial charge in [-0.3, -0.25) is 0 Å². The van der Waals surface area contributed by atoms with E-state index in [4.69, 9.17) is 14.2 Å². The molecule has 3 aromatic carbocycles. The molecule has 4 nitrogen and oxygen atoms in total. The number of allylic oxidation sites excluding steroid dienone is 1. The molecule has 2 heterocycles. The average molecular weight is 464 g/mol. The Bertz CT molecular complexity index is 1140. The summed E-state index contributed by atoms with van der Waals surface area (Å²) in [7, 11) is 0. The maximum Gasteiger partial charge on any atom is 0.274 e. The van der Waals surface area contributed by atoms with Crippen molar-refractivity contribution >= 4 is 11.3 Å². The van der Waals surface area contributed by atoms with Crippen LogP contribution in [0.25, 0.3) is 5.57 Å². The summed E-state index contributed by atoms with van der Waals surface area (Å²) in [4.78, 5) is 2.21. The zero-order valence-electron chi connectivity index (χ0n) is 18.9. The van der Waals surface area contributed by atoms with E-state index in [9.17, 15) is 8.78 Å². The Morgan fingerprint density at radius 2 is 1.47 bits per heavy atom. The third-order valence-electron chi connectivity index (χ3n) is 6.40. The van der Waals surface area contributed by atoms with E-state index < -0.39 is 6.08 Å². The van der Waals surface area contributed by atoms with E-state index in [0.29, 0.717) is 43.5 Å². The van der Waals surface area contributed by atoms with Crippen molar-refractivity contribution in [3.05, 3.63) is 95.6 Å². The highest BCUT2D eigenvalue weighted by atomic mass is 19.3. The largest absolute Gasteiger partial charge is 0.486 e. The normalized spacial score (nSPS) is 16.1. The van der Waals surface area contributed by atoms with Gasteiger partial charge in [-0.2, -0.15) is 8.78 Å². The summed E-state index contributed by atoms with van der Waals surface area (Å²) in [5.41, 5.74) is 3.51. The number of morpholine rings is 1. The molecule has 2 aliphatic heterocycles. The van der Waals surface area contributed by atoms with Crippen LogP contribution in [0.1, 0.15) is 29.0 Å². The fourth-order valence-corrected chi connectivity index (χ4v) is 4.59. The van der Waals surface area contributed by atoms with Crippen molar-refractivity contribution < 1.29 is 23.0 Å². The molecule has 0 aromatic heterocycles. The van der Waals surface area contributed by atoms with E-state index in [1.807, 2.05) is 60.7 Å². The van der Waals surface area contributed by atoms with Crippen LogP contribution in [0, 0.1) is 0 Å². The number of hydrogen-bond acceptors (Lipinski definition) is 4. The quantitative estimate of drug-likeness (QED) is 0.440. The maximum atomic E-state index is 14.3. The van der Waals surface area contributed by atoms with Gasteiger partial charge in [0.15, 0.2) is 11.5 Å². The first kappa shape index (κ1) is 22.4. The first-order valence-electron chi connectivity index (χ1n) is 11.6.